The molecule has 1 aliphatic carbocycles. The van der Waals surface area contributed by atoms with Crippen LogP contribution in [0.5, 0.6) is 11.5 Å². The number of hydrogen-bond acceptors (Lipinski definition) is 4. The Hall–Kier alpha value is -2.86. The number of amides is 1. The predicted octanol–water partition coefficient (Wildman–Crippen LogP) is 7.10. The van der Waals surface area contributed by atoms with Crippen LogP contribution in [0.2, 0.25) is 0 Å². The second-order valence-electron chi connectivity index (χ2n) is 10.6. The van der Waals surface area contributed by atoms with E-state index < -0.39 is 0 Å². The number of fused-ring (bicyclic) bond motifs is 3. The summed E-state index contributed by atoms with van der Waals surface area (Å²) in [6.45, 7) is 7.06. The van der Waals surface area contributed by atoms with Crippen LogP contribution in [0.3, 0.4) is 0 Å². The molecule has 0 fully saturated rings. The van der Waals surface area contributed by atoms with Gasteiger partial charge in [-0.2, -0.15) is 0 Å². The van der Waals surface area contributed by atoms with Gasteiger partial charge in [-0.1, -0.05) is 45.0 Å². The summed E-state index contributed by atoms with van der Waals surface area (Å²) in [6, 6.07) is 12.5. The summed E-state index contributed by atoms with van der Waals surface area (Å²) in [6.07, 6.45) is 3.68. The highest BCUT2D eigenvalue weighted by atomic mass is 32.1. The lowest BCUT2D eigenvalue weighted by molar-refractivity contribution is -0.116. The topological polar surface area (TPSA) is 47.6 Å². The van der Waals surface area contributed by atoms with Crippen molar-refractivity contribution in [2.75, 3.05) is 12.4 Å². The molecule has 0 bridgehead atoms. The second-order valence-corrected chi connectivity index (χ2v) is 11.8. The fourth-order valence-corrected chi connectivity index (χ4v) is 6.76. The van der Waals surface area contributed by atoms with Crippen molar-refractivity contribution in [2.45, 2.75) is 59.0 Å². The van der Waals surface area contributed by atoms with Gasteiger partial charge in [-0.15, -0.1) is 11.3 Å². The highest BCUT2D eigenvalue weighted by Gasteiger charge is 2.37. The number of thiophene rings is 1. The van der Waals surface area contributed by atoms with Crippen molar-refractivity contribution in [1.29, 1.82) is 0 Å². The molecule has 3 aromatic rings. The normalized spacial score (nSPS) is 19.5. The van der Waals surface area contributed by atoms with Crippen LogP contribution >= 0.6 is 11.3 Å². The van der Waals surface area contributed by atoms with E-state index in [1.807, 2.05) is 18.2 Å². The molecule has 2 atom stereocenters. The summed E-state index contributed by atoms with van der Waals surface area (Å²) in [7, 11) is 1.60. The van der Waals surface area contributed by atoms with Crippen LogP contribution in [0.25, 0.3) is 0 Å². The lowest BCUT2D eigenvalue weighted by Gasteiger charge is -2.34. The van der Waals surface area contributed by atoms with Crippen molar-refractivity contribution < 1.29 is 18.7 Å². The van der Waals surface area contributed by atoms with E-state index in [2.05, 4.69) is 26.1 Å². The van der Waals surface area contributed by atoms with Crippen LogP contribution in [0.1, 0.15) is 66.7 Å². The van der Waals surface area contributed by atoms with Crippen LogP contribution in [-0.2, 0) is 24.2 Å². The van der Waals surface area contributed by atoms with Gasteiger partial charge in [0.25, 0.3) is 0 Å². The molecular weight excluding hydrogens is 461 g/mol. The average Bonchev–Trinajstić information content (AvgIpc) is 3.19. The Labute approximate surface area is 210 Å². The van der Waals surface area contributed by atoms with Gasteiger partial charge < -0.3 is 14.8 Å². The molecule has 5 rings (SSSR count). The summed E-state index contributed by atoms with van der Waals surface area (Å²) in [5, 5.41) is 4.14. The molecule has 1 N–H and O–H groups in total. The Morgan fingerprint density at radius 2 is 1.91 bits per heavy atom. The van der Waals surface area contributed by atoms with Crippen LogP contribution in [0.15, 0.2) is 42.5 Å². The van der Waals surface area contributed by atoms with Gasteiger partial charge >= 0.3 is 0 Å². The third-order valence-electron chi connectivity index (χ3n) is 7.45. The van der Waals surface area contributed by atoms with E-state index in [0.717, 1.165) is 23.4 Å². The average molecular weight is 494 g/mol. The van der Waals surface area contributed by atoms with Crippen molar-refractivity contribution in [3.8, 4) is 11.5 Å². The first-order valence-electron chi connectivity index (χ1n) is 12.2. The van der Waals surface area contributed by atoms with Gasteiger partial charge in [-0.3, -0.25) is 4.79 Å². The largest absolute Gasteiger partial charge is 0.493 e. The third kappa shape index (κ3) is 4.68. The maximum Gasteiger partial charge on any atom is 0.225 e. The standard InChI is InChI=1S/C29H32FNO3S/c1-29(2,3)19-10-11-20-25(14-19)35-28-27(20)21(15-26(32)31-28)17-9-12-23(33-4)24(13-17)34-16-18-7-5-6-8-22(18)30/h5-9,12-13,19,21H,10-11,14-16H2,1-4H3,(H,31,32)/t19-,21-/m1/s1. The van der Waals surface area contributed by atoms with Crippen molar-refractivity contribution >= 4 is 22.2 Å². The summed E-state index contributed by atoms with van der Waals surface area (Å²) in [5.74, 6) is 1.49. The Bertz CT molecular complexity index is 1260. The zero-order chi connectivity index (χ0) is 24.7. The molecule has 1 amide bonds. The van der Waals surface area contributed by atoms with E-state index >= 15 is 0 Å². The minimum atomic E-state index is -0.297. The van der Waals surface area contributed by atoms with Crippen LogP contribution < -0.4 is 14.8 Å². The molecule has 0 saturated carbocycles. The number of methoxy groups -OCH3 is 1. The van der Waals surface area contributed by atoms with Gasteiger partial charge in [0.2, 0.25) is 5.91 Å². The van der Waals surface area contributed by atoms with Gasteiger partial charge in [0.05, 0.1) is 12.1 Å². The van der Waals surface area contributed by atoms with Crippen molar-refractivity contribution in [3.05, 3.63) is 75.4 Å². The fraction of sp³-hybridized carbons (Fsp3) is 0.414. The van der Waals surface area contributed by atoms with E-state index in [4.69, 9.17) is 9.47 Å². The third-order valence-corrected chi connectivity index (χ3v) is 8.64. The van der Waals surface area contributed by atoms with Gasteiger partial charge in [-0.05, 0) is 65.5 Å². The Kier molecular flexibility index (Phi) is 6.34. The Morgan fingerprint density at radius 3 is 2.66 bits per heavy atom. The Morgan fingerprint density at radius 1 is 1.11 bits per heavy atom. The summed E-state index contributed by atoms with van der Waals surface area (Å²) in [4.78, 5) is 14.1. The van der Waals surface area contributed by atoms with Crippen molar-refractivity contribution in [2.24, 2.45) is 11.3 Å². The van der Waals surface area contributed by atoms with Gasteiger partial charge in [0.15, 0.2) is 11.5 Å². The van der Waals surface area contributed by atoms with Crippen LogP contribution in [0.4, 0.5) is 9.39 Å². The number of anilines is 1. The molecular formula is C29H32FNO3S. The number of nitrogens with one attached hydrogen (secondary N) is 1. The van der Waals surface area contributed by atoms with E-state index in [1.54, 1.807) is 36.6 Å². The quantitative estimate of drug-likeness (QED) is 0.412. The van der Waals surface area contributed by atoms with E-state index in [1.165, 1.54) is 28.5 Å². The van der Waals surface area contributed by atoms with Crippen molar-refractivity contribution in [3.63, 3.8) is 0 Å². The van der Waals surface area contributed by atoms with Gasteiger partial charge in [0, 0.05) is 22.8 Å². The summed E-state index contributed by atoms with van der Waals surface area (Å²) in [5.41, 5.74) is 4.46. The second kappa shape index (κ2) is 9.30. The molecule has 0 radical (unpaired) electrons. The van der Waals surface area contributed by atoms with Crippen LogP contribution in [-0.4, -0.2) is 13.0 Å². The molecule has 2 aromatic carbocycles. The van der Waals surface area contributed by atoms with Crippen LogP contribution in [0, 0.1) is 17.2 Å². The Balaban J connectivity index is 1.48. The minimum Gasteiger partial charge on any atom is -0.493 e. The van der Waals surface area contributed by atoms with E-state index in [9.17, 15) is 9.18 Å². The predicted molar refractivity (Wildman–Crippen MR) is 138 cm³/mol. The SMILES string of the molecule is COc1ccc([C@H]2CC(=O)Nc3sc4c(c32)CC[C@@H](C(C)(C)C)C4)cc1OCc1ccccc1F. The molecule has 1 aliphatic heterocycles. The first kappa shape index (κ1) is 23.9. The first-order chi connectivity index (χ1) is 16.7. The maximum atomic E-state index is 14.1. The number of ether oxygens (including phenoxy) is 2. The maximum absolute atomic E-state index is 14.1. The molecule has 35 heavy (non-hydrogen) atoms. The molecule has 0 saturated heterocycles. The first-order valence-corrected chi connectivity index (χ1v) is 13.0. The monoisotopic (exact) mass is 493 g/mol. The van der Waals surface area contributed by atoms with E-state index in [-0.39, 0.29) is 29.7 Å². The molecule has 184 valence electrons. The number of carbonyl (C=O) groups excluding carboxylic acids is 1. The minimum absolute atomic E-state index is 0.0355. The molecule has 0 unspecified atom stereocenters. The van der Waals surface area contributed by atoms with E-state index in [0.29, 0.717) is 29.4 Å². The number of carbonyl (C=O) groups is 1. The molecule has 0 spiro atoms. The van der Waals surface area contributed by atoms with Gasteiger partial charge in [-0.25, -0.2) is 4.39 Å². The number of benzene rings is 2. The smallest absolute Gasteiger partial charge is 0.225 e. The molecule has 2 aliphatic rings. The summed E-state index contributed by atoms with van der Waals surface area (Å²) >= 11 is 1.75. The molecule has 6 heteroatoms. The highest BCUT2D eigenvalue weighted by molar-refractivity contribution is 7.16. The lowest BCUT2D eigenvalue weighted by Crippen LogP contribution is -2.27. The number of hydrogen-bond donors (Lipinski definition) is 1. The fourth-order valence-electron chi connectivity index (χ4n) is 5.35. The highest BCUT2D eigenvalue weighted by Crippen LogP contribution is 2.50. The zero-order valence-electron chi connectivity index (χ0n) is 20.7. The van der Waals surface area contributed by atoms with Gasteiger partial charge in [0.1, 0.15) is 12.4 Å². The molecule has 1 aromatic heterocycles. The molecule has 4 nitrogen and oxygen atoms in total. The summed E-state index contributed by atoms with van der Waals surface area (Å²) < 4.78 is 25.7. The molecule has 2 heterocycles. The number of rotatable bonds is 5. The zero-order valence-corrected chi connectivity index (χ0v) is 21.6. The van der Waals surface area contributed by atoms with Crippen molar-refractivity contribution in [1.82, 2.24) is 0 Å². The lowest BCUT2D eigenvalue weighted by atomic mass is 9.71. The number of halogens is 1.